The Balaban J connectivity index is 1.30. The highest BCUT2D eigenvalue weighted by molar-refractivity contribution is 8.01. The maximum absolute atomic E-state index is 12.8. The molecular weight excluding hydrogens is 452 g/mol. The maximum Gasteiger partial charge on any atom is 0.330 e. The molecular formula is C26H22N2O3S2. The van der Waals surface area contributed by atoms with Gasteiger partial charge in [-0.2, -0.15) is 0 Å². The predicted molar refractivity (Wildman–Crippen MR) is 133 cm³/mol. The first-order chi connectivity index (χ1) is 15.9. The summed E-state index contributed by atoms with van der Waals surface area (Å²) in [6.07, 6.45) is 0.554. The van der Waals surface area contributed by atoms with E-state index in [1.54, 1.807) is 0 Å². The first kappa shape index (κ1) is 21.7. The van der Waals surface area contributed by atoms with Gasteiger partial charge in [-0.25, -0.2) is 9.78 Å². The lowest BCUT2D eigenvalue weighted by Gasteiger charge is -2.25. The number of carbonyl (C=O) groups is 2. The van der Waals surface area contributed by atoms with Crippen molar-refractivity contribution in [1.82, 2.24) is 10.3 Å². The second-order valence-electron chi connectivity index (χ2n) is 8.37. The fraction of sp³-hybridized carbons (Fsp3) is 0.192. The molecule has 1 unspecified atom stereocenters. The number of nitrogens with one attached hydrogen (secondary N) is 1. The van der Waals surface area contributed by atoms with E-state index in [1.165, 1.54) is 28.7 Å². The summed E-state index contributed by atoms with van der Waals surface area (Å²) in [4.78, 5) is 29.6. The van der Waals surface area contributed by atoms with E-state index in [9.17, 15) is 14.7 Å². The van der Waals surface area contributed by atoms with Crippen molar-refractivity contribution in [3.63, 3.8) is 0 Å². The van der Waals surface area contributed by atoms with Gasteiger partial charge in [0, 0.05) is 12.8 Å². The highest BCUT2D eigenvalue weighted by Gasteiger charge is 2.45. The van der Waals surface area contributed by atoms with Gasteiger partial charge in [0.2, 0.25) is 5.91 Å². The predicted octanol–water partition coefficient (Wildman–Crippen LogP) is 5.10. The van der Waals surface area contributed by atoms with E-state index in [2.05, 4.69) is 34.6 Å². The number of hydrogen-bond donors (Lipinski definition) is 2. The summed E-state index contributed by atoms with van der Waals surface area (Å²) in [6, 6.07) is 22.1. The highest BCUT2D eigenvalue weighted by atomic mass is 32.2. The molecule has 1 amide bonds. The maximum atomic E-state index is 12.8. The molecule has 0 radical (unpaired) electrons. The van der Waals surface area contributed by atoms with E-state index in [-0.39, 0.29) is 24.5 Å². The minimum absolute atomic E-state index is 0.125. The molecule has 33 heavy (non-hydrogen) atoms. The molecule has 0 bridgehead atoms. The molecule has 0 aliphatic heterocycles. The first-order valence-corrected chi connectivity index (χ1v) is 12.4. The van der Waals surface area contributed by atoms with Crippen molar-refractivity contribution in [2.24, 2.45) is 0 Å². The van der Waals surface area contributed by atoms with E-state index in [0.29, 0.717) is 0 Å². The third-order valence-corrected chi connectivity index (χ3v) is 8.14. The van der Waals surface area contributed by atoms with Crippen LogP contribution >= 0.6 is 23.1 Å². The van der Waals surface area contributed by atoms with Crippen LogP contribution in [0.5, 0.6) is 0 Å². The van der Waals surface area contributed by atoms with Crippen molar-refractivity contribution < 1.29 is 14.7 Å². The van der Waals surface area contributed by atoms with Gasteiger partial charge in [-0.1, -0.05) is 71.9 Å². The lowest BCUT2D eigenvalue weighted by atomic mass is 9.95. The molecule has 5 rings (SSSR count). The Morgan fingerprint density at radius 3 is 2.52 bits per heavy atom. The van der Waals surface area contributed by atoms with Gasteiger partial charge in [0.25, 0.3) is 0 Å². The Kier molecular flexibility index (Phi) is 5.68. The van der Waals surface area contributed by atoms with Crippen molar-refractivity contribution in [3.8, 4) is 11.1 Å². The first-order valence-electron chi connectivity index (χ1n) is 10.6. The second-order valence-corrected chi connectivity index (χ2v) is 10.6. The molecule has 7 heteroatoms. The zero-order valence-electron chi connectivity index (χ0n) is 18.0. The third-order valence-electron chi connectivity index (χ3n) is 5.96. The summed E-state index contributed by atoms with van der Waals surface area (Å²) in [5, 5.41) is 12.9. The Hall–Kier alpha value is -3.16. The van der Waals surface area contributed by atoms with E-state index >= 15 is 0 Å². The summed E-state index contributed by atoms with van der Waals surface area (Å²) < 4.78 is 1.87. The number of para-hydroxylation sites is 1. The highest BCUT2D eigenvalue weighted by Crippen LogP contribution is 2.34. The molecule has 0 saturated carbocycles. The fourth-order valence-corrected chi connectivity index (χ4v) is 6.11. The Morgan fingerprint density at radius 1 is 1.03 bits per heavy atom. The van der Waals surface area contributed by atoms with Crippen LogP contribution < -0.4 is 5.32 Å². The lowest BCUT2D eigenvalue weighted by molar-refractivity contribution is -0.146. The van der Waals surface area contributed by atoms with Crippen LogP contribution in [0.1, 0.15) is 16.7 Å². The lowest BCUT2D eigenvalue weighted by Crippen LogP contribution is -2.56. The van der Waals surface area contributed by atoms with Crippen LogP contribution in [-0.2, 0) is 22.4 Å². The average molecular weight is 475 g/mol. The molecule has 1 aromatic heterocycles. The van der Waals surface area contributed by atoms with Crippen molar-refractivity contribution in [2.45, 2.75) is 29.6 Å². The van der Waals surface area contributed by atoms with Gasteiger partial charge in [-0.15, -0.1) is 11.3 Å². The quantitative estimate of drug-likeness (QED) is 0.380. The number of carboxylic acids is 1. The number of benzene rings is 3. The van der Waals surface area contributed by atoms with Crippen LogP contribution in [0.2, 0.25) is 0 Å². The minimum Gasteiger partial charge on any atom is -0.479 e. The number of carbonyl (C=O) groups excluding carboxylic acids is 1. The van der Waals surface area contributed by atoms with Gasteiger partial charge in [0.15, 0.2) is 4.34 Å². The molecule has 166 valence electrons. The third kappa shape index (κ3) is 4.38. The van der Waals surface area contributed by atoms with Crippen LogP contribution in [0, 0.1) is 6.92 Å². The smallest absolute Gasteiger partial charge is 0.330 e. The largest absolute Gasteiger partial charge is 0.479 e. The summed E-state index contributed by atoms with van der Waals surface area (Å²) in [7, 11) is 0. The SMILES string of the molecule is Cc1ccc(-c2ccc3c(c2)CC(NC(=O)CSc2nc4ccccc4s2)(C(=O)O)C3)cc1. The Labute approximate surface area is 199 Å². The molecule has 1 aliphatic rings. The molecule has 1 aliphatic carbocycles. The van der Waals surface area contributed by atoms with E-state index in [1.807, 2.05) is 49.4 Å². The van der Waals surface area contributed by atoms with Crippen molar-refractivity contribution in [3.05, 3.63) is 83.4 Å². The van der Waals surface area contributed by atoms with Crippen LogP contribution in [0.15, 0.2) is 71.1 Å². The van der Waals surface area contributed by atoms with Crippen LogP contribution in [0.4, 0.5) is 0 Å². The molecule has 4 aromatic rings. The Morgan fingerprint density at radius 2 is 1.76 bits per heavy atom. The molecule has 0 fully saturated rings. The Bertz CT molecular complexity index is 1330. The van der Waals surface area contributed by atoms with Gasteiger partial charge >= 0.3 is 5.97 Å². The summed E-state index contributed by atoms with van der Waals surface area (Å²) in [6.45, 7) is 2.05. The summed E-state index contributed by atoms with van der Waals surface area (Å²) >= 11 is 2.87. The van der Waals surface area contributed by atoms with Crippen molar-refractivity contribution in [2.75, 3.05) is 5.75 Å². The number of aromatic nitrogens is 1. The number of aliphatic carboxylic acids is 1. The normalized spacial score (nSPS) is 17.1. The van der Waals surface area contributed by atoms with E-state index in [0.717, 1.165) is 36.8 Å². The monoisotopic (exact) mass is 474 g/mol. The molecule has 3 aromatic carbocycles. The second kappa shape index (κ2) is 8.65. The number of fused-ring (bicyclic) bond motifs is 2. The number of carboxylic acid groups (broad SMARTS) is 1. The zero-order valence-corrected chi connectivity index (χ0v) is 19.6. The molecule has 0 saturated heterocycles. The molecule has 2 N–H and O–H groups in total. The van der Waals surface area contributed by atoms with Crippen LogP contribution in [0.25, 0.3) is 21.3 Å². The van der Waals surface area contributed by atoms with Crippen molar-refractivity contribution >= 4 is 45.2 Å². The van der Waals surface area contributed by atoms with Gasteiger partial charge in [-0.3, -0.25) is 4.79 Å². The molecule has 5 nitrogen and oxygen atoms in total. The summed E-state index contributed by atoms with van der Waals surface area (Å²) in [5.41, 5.74) is 4.85. The fourth-order valence-electron chi connectivity index (χ4n) is 4.24. The number of rotatable bonds is 6. The molecule has 1 heterocycles. The van der Waals surface area contributed by atoms with E-state index < -0.39 is 11.5 Å². The number of hydrogen-bond acceptors (Lipinski definition) is 5. The van der Waals surface area contributed by atoms with E-state index in [4.69, 9.17) is 0 Å². The molecule has 1 atom stereocenters. The number of nitrogens with zero attached hydrogens (tertiary/aromatic N) is 1. The molecule has 0 spiro atoms. The van der Waals surface area contributed by atoms with Crippen LogP contribution in [0.3, 0.4) is 0 Å². The number of thioether (sulfide) groups is 1. The number of aryl methyl sites for hydroxylation is 1. The zero-order chi connectivity index (χ0) is 23.0. The minimum atomic E-state index is -1.32. The topological polar surface area (TPSA) is 79.3 Å². The van der Waals surface area contributed by atoms with Gasteiger partial charge in [-0.05, 0) is 41.3 Å². The standard InChI is InChI=1S/C26H22N2O3S2/c1-16-6-8-17(9-7-16)18-10-11-19-13-26(24(30)31,14-20(19)12-18)28-23(29)15-32-25-27-21-4-2-3-5-22(21)33-25/h2-12H,13-15H2,1H3,(H,28,29)(H,30,31). The van der Waals surface area contributed by atoms with Gasteiger partial charge < -0.3 is 10.4 Å². The number of amides is 1. The average Bonchev–Trinajstić information content (AvgIpc) is 3.39. The summed E-state index contributed by atoms with van der Waals surface area (Å²) in [5.74, 6) is -1.18. The van der Waals surface area contributed by atoms with Gasteiger partial charge in [0.1, 0.15) is 5.54 Å². The van der Waals surface area contributed by atoms with Crippen molar-refractivity contribution in [1.29, 1.82) is 0 Å². The van der Waals surface area contributed by atoms with Crippen LogP contribution in [-0.4, -0.2) is 33.3 Å². The van der Waals surface area contributed by atoms with Gasteiger partial charge in [0.05, 0.1) is 16.0 Å². The number of thiazole rings is 1.